The van der Waals surface area contributed by atoms with Crippen molar-refractivity contribution < 1.29 is 4.79 Å². The lowest BCUT2D eigenvalue weighted by molar-refractivity contribution is 0.0759. The van der Waals surface area contributed by atoms with Crippen LogP contribution in [-0.2, 0) is 0 Å². The van der Waals surface area contributed by atoms with Gasteiger partial charge in [-0.1, -0.05) is 19.8 Å². The van der Waals surface area contributed by atoms with E-state index in [9.17, 15) is 4.79 Å². The zero-order valence-corrected chi connectivity index (χ0v) is 15.6. The number of amides is 1. The van der Waals surface area contributed by atoms with Gasteiger partial charge in [0.15, 0.2) is 0 Å². The molecule has 4 heteroatoms. The van der Waals surface area contributed by atoms with Crippen LogP contribution in [0, 0.1) is 9.49 Å². The van der Waals surface area contributed by atoms with Crippen molar-refractivity contribution in [3.05, 3.63) is 31.8 Å². The van der Waals surface area contributed by atoms with Crippen LogP contribution in [-0.4, -0.2) is 23.9 Å². The number of carbonyl (C=O) groups is 1. The molecular formula is C16H21BrINO. The van der Waals surface area contributed by atoms with Crippen LogP contribution < -0.4 is 0 Å². The molecule has 0 saturated carbocycles. The molecule has 1 aromatic rings. The van der Waals surface area contributed by atoms with Gasteiger partial charge in [0.05, 0.1) is 5.56 Å². The highest BCUT2D eigenvalue weighted by atomic mass is 127. The van der Waals surface area contributed by atoms with Gasteiger partial charge in [0.25, 0.3) is 5.91 Å². The number of carbonyl (C=O) groups excluding carboxylic acids is 1. The summed E-state index contributed by atoms with van der Waals surface area (Å²) in [5.41, 5.74) is 0.797. The summed E-state index contributed by atoms with van der Waals surface area (Å²) >= 11 is 5.76. The Balaban J connectivity index is 2.07. The molecule has 20 heavy (non-hydrogen) atoms. The minimum absolute atomic E-state index is 0.174. The van der Waals surface area contributed by atoms with E-state index >= 15 is 0 Å². The van der Waals surface area contributed by atoms with Gasteiger partial charge < -0.3 is 4.90 Å². The highest BCUT2D eigenvalue weighted by Gasteiger charge is 2.22. The van der Waals surface area contributed by atoms with Gasteiger partial charge in [-0.25, -0.2) is 0 Å². The number of hydrogen-bond acceptors (Lipinski definition) is 1. The third-order valence-electron chi connectivity index (χ3n) is 3.99. The molecule has 1 saturated heterocycles. The molecule has 1 aliphatic rings. The van der Waals surface area contributed by atoms with Crippen LogP contribution in [0.15, 0.2) is 22.7 Å². The molecule has 1 unspecified atom stereocenters. The van der Waals surface area contributed by atoms with E-state index < -0.39 is 0 Å². The molecule has 0 aliphatic carbocycles. The Hall–Kier alpha value is -0.100. The van der Waals surface area contributed by atoms with Crippen molar-refractivity contribution in [2.24, 2.45) is 5.92 Å². The predicted octanol–water partition coefficient (Wildman–Crippen LogP) is 5.10. The van der Waals surface area contributed by atoms with E-state index in [1.54, 1.807) is 0 Å². The largest absolute Gasteiger partial charge is 0.339 e. The molecule has 0 spiro atoms. The average Bonchev–Trinajstić information content (AvgIpc) is 2.67. The number of benzene rings is 1. The molecule has 1 fully saturated rings. The van der Waals surface area contributed by atoms with E-state index in [1.807, 2.05) is 23.1 Å². The molecule has 1 amide bonds. The summed E-state index contributed by atoms with van der Waals surface area (Å²) < 4.78 is 2.00. The molecule has 0 aromatic heterocycles. The number of hydrogen-bond donors (Lipinski definition) is 0. The minimum Gasteiger partial charge on any atom is -0.339 e. The monoisotopic (exact) mass is 449 g/mol. The van der Waals surface area contributed by atoms with E-state index in [-0.39, 0.29) is 5.91 Å². The Kier molecular flexibility index (Phi) is 6.33. The van der Waals surface area contributed by atoms with E-state index in [2.05, 4.69) is 45.4 Å². The summed E-state index contributed by atoms with van der Waals surface area (Å²) in [5, 5.41) is 0. The summed E-state index contributed by atoms with van der Waals surface area (Å²) in [5.74, 6) is 0.977. The fourth-order valence-corrected chi connectivity index (χ4v) is 3.80. The lowest BCUT2D eigenvalue weighted by Crippen LogP contribution is -2.32. The van der Waals surface area contributed by atoms with Crippen LogP contribution >= 0.6 is 38.5 Å². The number of rotatable bonds is 3. The van der Waals surface area contributed by atoms with Crippen molar-refractivity contribution in [1.29, 1.82) is 0 Å². The van der Waals surface area contributed by atoms with Crippen molar-refractivity contribution >= 4 is 44.4 Å². The van der Waals surface area contributed by atoms with Crippen molar-refractivity contribution in [2.45, 2.75) is 39.0 Å². The van der Waals surface area contributed by atoms with E-state index in [0.29, 0.717) is 0 Å². The van der Waals surface area contributed by atoms with Gasteiger partial charge in [0.2, 0.25) is 0 Å². The molecule has 0 bridgehead atoms. The fourth-order valence-electron chi connectivity index (χ4n) is 2.90. The first kappa shape index (κ1) is 16.3. The first-order valence-electron chi connectivity index (χ1n) is 7.36. The zero-order chi connectivity index (χ0) is 14.5. The minimum atomic E-state index is 0.174. The first-order valence-corrected chi connectivity index (χ1v) is 9.23. The zero-order valence-electron chi connectivity index (χ0n) is 11.9. The lowest BCUT2D eigenvalue weighted by atomic mass is 9.96. The Labute approximate surface area is 143 Å². The van der Waals surface area contributed by atoms with Gasteiger partial charge in [-0.15, -0.1) is 0 Å². The van der Waals surface area contributed by atoms with Crippen molar-refractivity contribution in [3.8, 4) is 0 Å². The van der Waals surface area contributed by atoms with Gasteiger partial charge in [0, 0.05) is 21.1 Å². The van der Waals surface area contributed by atoms with Gasteiger partial charge in [0.1, 0.15) is 0 Å². The van der Waals surface area contributed by atoms with Crippen LogP contribution in [0.4, 0.5) is 0 Å². The quantitative estimate of drug-likeness (QED) is 0.588. The van der Waals surface area contributed by atoms with Crippen molar-refractivity contribution in [2.75, 3.05) is 13.1 Å². The summed E-state index contributed by atoms with van der Waals surface area (Å²) in [6.45, 7) is 4.05. The summed E-state index contributed by atoms with van der Waals surface area (Å²) in [6, 6.07) is 5.95. The highest BCUT2D eigenvalue weighted by molar-refractivity contribution is 14.1. The summed E-state index contributed by atoms with van der Waals surface area (Å²) in [7, 11) is 0. The molecule has 1 aliphatic heterocycles. The van der Waals surface area contributed by atoms with Gasteiger partial charge in [-0.05, 0) is 81.9 Å². The second-order valence-corrected chi connectivity index (χ2v) is 7.60. The first-order chi connectivity index (χ1) is 9.61. The Morgan fingerprint density at radius 2 is 2.20 bits per heavy atom. The SMILES string of the molecule is CCCC1CCCN(C(=O)c2cc(I)ccc2Br)CC1. The Morgan fingerprint density at radius 1 is 1.40 bits per heavy atom. The number of nitrogens with zero attached hydrogens (tertiary/aromatic N) is 1. The van der Waals surface area contributed by atoms with E-state index in [1.165, 1.54) is 19.3 Å². The molecule has 0 radical (unpaired) electrons. The average molecular weight is 450 g/mol. The maximum atomic E-state index is 12.7. The van der Waals surface area contributed by atoms with Crippen LogP contribution in [0.2, 0.25) is 0 Å². The van der Waals surface area contributed by atoms with Crippen LogP contribution in [0.5, 0.6) is 0 Å². The number of halogens is 2. The summed E-state index contributed by atoms with van der Waals surface area (Å²) in [4.78, 5) is 14.7. The maximum absolute atomic E-state index is 12.7. The van der Waals surface area contributed by atoms with E-state index in [0.717, 1.165) is 45.5 Å². The molecule has 2 rings (SSSR count). The molecular weight excluding hydrogens is 429 g/mol. The second-order valence-electron chi connectivity index (χ2n) is 5.50. The lowest BCUT2D eigenvalue weighted by Gasteiger charge is -2.21. The third kappa shape index (κ3) is 4.20. The molecule has 2 nitrogen and oxygen atoms in total. The maximum Gasteiger partial charge on any atom is 0.255 e. The Morgan fingerprint density at radius 3 is 2.95 bits per heavy atom. The van der Waals surface area contributed by atoms with Crippen molar-refractivity contribution in [1.82, 2.24) is 4.90 Å². The smallest absolute Gasteiger partial charge is 0.255 e. The molecule has 1 aromatic carbocycles. The standard InChI is InChI=1S/C16H21BrINO/c1-2-4-12-5-3-9-19(10-8-12)16(20)14-11-13(18)6-7-15(14)17/h6-7,11-12H,2-5,8-10H2,1H3. The fraction of sp³-hybridized carbons (Fsp3) is 0.562. The molecule has 110 valence electrons. The predicted molar refractivity (Wildman–Crippen MR) is 95.0 cm³/mol. The van der Waals surface area contributed by atoms with Crippen LogP contribution in [0.1, 0.15) is 49.4 Å². The highest BCUT2D eigenvalue weighted by Crippen LogP contribution is 2.25. The van der Waals surface area contributed by atoms with Gasteiger partial charge in [-0.2, -0.15) is 0 Å². The van der Waals surface area contributed by atoms with Crippen molar-refractivity contribution in [3.63, 3.8) is 0 Å². The normalized spacial score (nSPS) is 19.8. The Bertz CT molecular complexity index is 478. The summed E-state index contributed by atoms with van der Waals surface area (Å²) in [6.07, 6.45) is 6.11. The second kappa shape index (κ2) is 7.78. The molecule has 0 N–H and O–H groups in total. The van der Waals surface area contributed by atoms with Gasteiger partial charge >= 0.3 is 0 Å². The molecule has 1 heterocycles. The van der Waals surface area contributed by atoms with Crippen LogP contribution in [0.25, 0.3) is 0 Å². The van der Waals surface area contributed by atoms with E-state index in [4.69, 9.17) is 0 Å². The number of likely N-dealkylation sites (tertiary alicyclic amines) is 1. The van der Waals surface area contributed by atoms with Crippen LogP contribution in [0.3, 0.4) is 0 Å². The third-order valence-corrected chi connectivity index (χ3v) is 5.35. The molecule has 1 atom stereocenters. The van der Waals surface area contributed by atoms with Gasteiger partial charge in [-0.3, -0.25) is 4.79 Å². The topological polar surface area (TPSA) is 20.3 Å².